The number of aliphatic carboxylic acids is 2. The summed E-state index contributed by atoms with van der Waals surface area (Å²) >= 11 is 0. The van der Waals surface area contributed by atoms with Gasteiger partial charge in [-0.15, -0.1) is 0 Å². The summed E-state index contributed by atoms with van der Waals surface area (Å²) in [7, 11) is -2.72. The number of aromatic nitrogens is 2. The SMILES string of the molecule is CNCc1cn(S(=O)(=O)c2cccc(COC(C)=O)c2)c(-c2cccnc2F)c1F.O=C(O)/C=C/C(=O)O. The van der Waals surface area contributed by atoms with Gasteiger partial charge >= 0.3 is 17.9 Å². The third-order valence-electron chi connectivity index (χ3n) is 4.63. The smallest absolute Gasteiger partial charge is 0.328 e. The van der Waals surface area contributed by atoms with Gasteiger partial charge in [-0.25, -0.2) is 31.4 Å². The fourth-order valence-corrected chi connectivity index (χ4v) is 4.51. The van der Waals surface area contributed by atoms with Crippen molar-refractivity contribution in [1.82, 2.24) is 14.3 Å². The second-order valence-electron chi connectivity index (χ2n) is 7.43. The maximum Gasteiger partial charge on any atom is 0.328 e. The van der Waals surface area contributed by atoms with Crippen molar-refractivity contribution in [2.45, 2.75) is 25.0 Å². The van der Waals surface area contributed by atoms with Crippen LogP contribution in [0.1, 0.15) is 18.1 Å². The minimum Gasteiger partial charge on any atom is -0.478 e. The summed E-state index contributed by atoms with van der Waals surface area (Å²) in [5, 5.41) is 18.4. The van der Waals surface area contributed by atoms with E-state index in [0.29, 0.717) is 21.7 Å². The molecule has 0 saturated carbocycles. The molecule has 0 unspecified atom stereocenters. The molecule has 11 nitrogen and oxygen atoms in total. The number of carboxylic acids is 2. The van der Waals surface area contributed by atoms with Crippen LogP contribution in [0, 0.1) is 11.8 Å². The molecule has 0 amide bonds. The van der Waals surface area contributed by atoms with Gasteiger partial charge in [0.05, 0.1) is 10.5 Å². The molecule has 2 aromatic heterocycles. The summed E-state index contributed by atoms with van der Waals surface area (Å²) in [6.45, 7) is 1.16. The third kappa shape index (κ3) is 7.78. The van der Waals surface area contributed by atoms with Gasteiger partial charge in [-0.1, -0.05) is 12.1 Å². The fraction of sp³-hybridized carbons (Fsp3) is 0.167. The van der Waals surface area contributed by atoms with E-state index in [1.165, 1.54) is 43.5 Å². The molecule has 0 spiro atoms. The lowest BCUT2D eigenvalue weighted by Crippen LogP contribution is -2.14. The lowest BCUT2D eigenvalue weighted by atomic mass is 10.2. The van der Waals surface area contributed by atoms with Crippen molar-refractivity contribution in [2.24, 2.45) is 0 Å². The first-order chi connectivity index (χ1) is 17.9. The van der Waals surface area contributed by atoms with Crippen LogP contribution in [-0.2, 0) is 42.3 Å². The zero-order valence-corrected chi connectivity index (χ0v) is 20.9. The highest BCUT2D eigenvalue weighted by atomic mass is 32.2. The first-order valence-corrected chi connectivity index (χ1v) is 12.1. The van der Waals surface area contributed by atoms with Crippen molar-refractivity contribution in [2.75, 3.05) is 7.05 Å². The topological polar surface area (TPSA) is 165 Å². The molecule has 3 rings (SSSR count). The number of carbonyl (C=O) groups excluding carboxylic acids is 1. The number of nitrogens with zero attached hydrogens (tertiary/aromatic N) is 2. The normalized spacial score (nSPS) is 11.1. The van der Waals surface area contributed by atoms with Gasteiger partial charge < -0.3 is 20.3 Å². The van der Waals surface area contributed by atoms with Crippen LogP contribution in [-0.4, -0.2) is 52.5 Å². The van der Waals surface area contributed by atoms with Crippen molar-refractivity contribution in [3.8, 4) is 11.3 Å². The molecule has 0 atom stereocenters. The Balaban J connectivity index is 0.000000550. The van der Waals surface area contributed by atoms with Crippen molar-refractivity contribution in [3.63, 3.8) is 0 Å². The molecule has 202 valence electrons. The van der Waals surface area contributed by atoms with Crippen LogP contribution in [0.3, 0.4) is 0 Å². The molecule has 38 heavy (non-hydrogen) atoms. The van der Waals surface area contributed by atoms with E-state index in [1.54, 1.807) is 13.1 Å². The van der Waals surface area contributed by atoms with Crippen LogP contribution in [0.4, 0.5) is 8.78 Å². The maximum atomic E-state index is 15.1. The van der Waals surface area contributed by atoms with Crippen molar-refractivity contribution >= 4 is 27.9 Å². The van der Waals surface area contributed by atoms with Crippen LogP contribution >= 0.6 is 0 Å². The Morgan fingerprint density at radius 3 is 2.32 bits per heavy atom. The van der Waals surface area contributed by atoms with E-state index in [0.717, 1.165) is 6.20 Å². The second-order valence-corrected chi connectivity index (χ2v) is 9.24. The molecular weight excluding hydrogens is 528 g/mol. The van der Waals surface area contributed by atoms with Gasteiger partial charge in [-0.2, -0.15) is 4.39 Å². The number of ether oxygens (including phenoxy) is 1. The fourth-order valence-electron chi connectivity index (χ4n) is 3.05. The minimum absolute atomic E-state index is 0.0374. The number of hydrogen-bond acceptors (Lipinski definition) is 8. The van der Waals surface area contributed by atoms with E-state index < -0.39 is 45.4 Å². The predicted molar refractivity (Wildman–Crippen MR) is 129 cm³/mol. The molecule has 0 aliphatic heterocycles. The standard InChI is InChI=1S/C20H19F2N3O4S.C4H4O4/c1-13(26)29-12-14-5-3-6-16(9-14)30(27,28)25-11-15(10-23-2)18(21)19(25)17-7-4-8-24-20(17)22;5-3(6)1-2-4(7)8/h3-9,11,23H,10,12H2,1-2H3;1-2H,(H,5,6)(H,7,8)/b;2-1+. The van der Waals surface area contributed by atoms with E-state index in [9.17, 15) is 27.2 Å². The van der Waals surface area contributed by atoms with Crippen molar-refractivity contribution < 1.29 is 46.5 Å². The summed E-state index contributed by atoms with van der Waals surface area (Å²) in [6.07, 6.45) is 3.41. The summed E-state index contributed by atoms with van der Waals surface area (Å²) in [5.41, 5.74) is -0.243. The molecule has 0 aliphatic rings. The lowest BCUT2D eigenvalue weighted by Gasteiger charge is -2.12. The zero-order chi connectivity index (χ0) is 28.5. The zero-order valence-electron chi connectivity index (χ0n) is 20.1. The molecule has 0 aliphatic carbocycles. The van der Waals surface area contributed by atoms with Gasteiger partial charge in [0, 0.05) is 43.6 Å². The van der Waals surface area contributed by atoms with E-state index >= 15 is 4.39 Å². The average Bonchev–Trinajstić information content (AvgIpc) is 3.19. The molecule has 3 aromatic rings. The van der Waals surface area contributed by atoms with Crippen LogP contribution in [0.2, 0.25) is 0 Å². The summed E-state index contributed by atoms with van der Waals surface area (Å²) in [5.74, 6) is -4.89. The van der Waals surface area contributed by atoms with E-state index in [1.807, 2.05) is 0 Å². The molecule has 1 aromatic carbocycles. The monoisotopic (exact) mass is 551 g/mol. The van der Waals surface area contributed by atoms with Gasteiger partial charge in [0.25, 0.3) is 10.0 Å². The number of carbonyl (C=O) groups is 3. The van der Waals surface area contributed by atoms with Crippen LogP contribution in [0.5, 0.6) is 0 Å². The molecule has 0 saturated heterocycles. The maximum absolute atomic E-state index is 15.1. The summed E-state index contributed by atoms with van der Waals surface area (Å²) in [6, 6.07) is 8.35. The first-order valence-electron chi connectivity index (χ1n) is 10.7. The molecule has 0 radical (unpaired) electrons. The lowest BCUT2D eigenvalue weighted by molar-refractivity contribution is -0.142. The Morgan fingerprint density at radius 1 is 1.11 bits per heavy atom. The van der Waals surface area contributed by atoms with E-state index in [2.05, 4.69) is 10.3 Å². The highest BCUT2D eigenvalue weighted by Crippen LogP contribution is 2.32. The third-order valence-corrected chi connectivity index (χ3v) is 6.29. The van der Waals surface area contributed by atoms with Crippen LogP contribution < -0.4 is 5.32 Å². The van der Waals surface area contributed by atoms with Crippen LogP contribution in [0.15, 0.2) is 65.8 Å². The summed E-state index contributed by atoms with van der Waals surface area (Å²) < 4.78 is 61.7. The quantitative estimate of drug-likeness (QED) is 0.204. The number of nitrogens with one attached hydrogen (secondary N) is 1. The molecule has 2 heterocycles. The van der Waals surface area contributed by atoms with Crippen molar-refractivity contribution in [3.05, 3.63) is 83.8 Å². The number of esters is 1. The van der Waals surface area contributed by atoms with Gasteiger partial charge in [0.15, 0.2) is 5.82 Å². The highest BCUT2D eigenvalue weighted by molar-refractivity contribution is 7.90. The number of carboxylic acid groups (broad SMARTS) is 2. The first kappa shape index (κ1) is 29.8. The van der Waals surface area contributed by atoms with Gasteiger partial charge in [-0.3, -0.25) is 4.79 Å². The Labute approximate surface area is 216 Å². The highest BCUT2D eigenvalue weighted by Gasteiger charge is 2.28. The molecule has 0 bridgehead atoms. The summed E-state index contributed by atoms with van der Waals surface area (Å²) in [4.78, 5) is 33.5. The number of benzene rings is 1. The average molecular weight is 552 g/mol. The van der Waals surface area contributed by atoms with Crippen molar-refractivity contribution in [1.29, 1.82) is 0 Å². The number of rotatable bonds is 9. The minimum atomic E-state index is -4.30. The Bertz CT molecular complexity index is 1450. The largest absolute Gasteiger partial charge is 0.478 e. The Morgan fingerprint density at radius 2 is 1.76 bits per heavy atom. The number of hydrogen-bond donors (Lipinski definition) is 3. The Kier molecular flexibility index (Phi) is 10.4. The van der Waals surface area contributed by atoms with Crippen LogP contribution in [0.25, 0.3) is 11.3 Å². The molecule has 3 N–H and O–H groups in total. The Hall–Kier alpha value is -4.43. The van der Waals surface area contributed by atoms with E-state index in [4.69, 9.17) is 14.9 Å². The van der Waals surface area contributed by atoms with Gasteiger partial charge in [-0.05, 0) is 36.9 Å². The number of halogens is 2. The van der Waals surface area contributed by atoms with Gasteiger partial charge in [0.2, 0.25) is 5.95 Å². The molecule has 14 heteroatoms. The predicted octanol–water partition coefficient (Wildman–Crippen LogP) is 2.56. The second kappa shape index (κ2) is 13.2. The molecular formula is C24H23F2N3O8S. The number of pyridine rings is 1. The van der Waals surface area contributed by atoms with Gasteiger partial charge in [0.1, 0.15) is 12.3 Å². The molecule has 0 fully saturated rings. The van der Waals surface area contributed by atoms with E-state index in [-0.39, 0.29) is 29.2 Å².